The number of piperidine rings is 1. The number of hydrogen-bond acceptors (Lipinski definition) is 5. The molecule has 1 aromatic rings. The fourth-order valence-corrected chi connectivity index (χ4v) is 2.38. The summed E-state index contributed by atoms with van der Waals surface area (Å²) >= 11 is 0. The summed E-state index contributed by atoms with van der Waals surface area (Å²) in [5, 5.41) is 0. The van der Waals surface area contributed by atoms with Crippen LogP contribution in [-0.2, 0) is 0 Å². The summed E-state index contributed by atoms with van der Waals surface area (Å²) in [5.41, 5.74) is 6.77. The van der Waals surface area contributed by atoms with Gasteiger partial charge in [0, 0.05) is 12.5 Å². The molecule has 0 radical (unpaired) electrons. The molecule has 0 spiro atoms. The van der Waals surface area contributed by atoms with Gasteiger partial charge < -0.3 is 10.5 Å². The maximum atomic E-state index is 5.93. The second kappa shape index (κ2) is 6.88. The summed E-state index contributed by atoms with van der Waals surface area (Å²) in [6, 6.07) is 0. The van der Waals surface area contributed by atoms with Crippen molar-refractivity contribution in [1.82, 2.24) is 14.9 Å². The molecule has 1 fully saturated rings. The number of hydrogen-bond donors (Lipinski definition) is 1. The first-order chi connectivity index (χ1) is 9.58. The maximum absolute atomic E-state index is 5.93. The SMILES string of the molecule is Cc1c(N)nc(C(C)C)nc1OCCN1CCCCC1. The Morgan fingerprint density at radius 2 is 1.90 bits per heavy atom. The van der Waals surface area contributed by atoms with Crippen LogP contribution >= 0.6 is 0 Å². The molecule has 2 N–H and O–H groups in total. The summed E-state index contributed by atoms with van der Waals surface area (Å²) in [6.45, 7) is 10.0. The molecule has 5 heteroatoms. The van der Waals surface area contributed by atoms with Crippen molar-refractivity contribution in [2.24, 2.45) is 0 Å². The van der Waals surface area contributed by atoms with Crippen LogP contribution < -0.4 is 10.5 Å². The molecule has 0 amide bonds. The van der Waals surface area contributed by atoms with E-state index in [1.807, 2.05) is 6.92 Å². The highest BCUT2D eigenvalue weighted by molar-refractivity contribution is 5.44. The number of nitrogens with two attached hydrogens (primary N) is 1. The Morgan fingerprint density at radius 3 is 2.55 bits per heavy atom. The van der Waals surface area contributed by atoms with Crippen LogP contribution in [-0.4, -0.2) is 41.1 Å². The maximum Gasteiger partial charge on any atom is 0.221 e. The van der Waals surface area contributed by atoms with Gasteiger partial charge in [0.25, 0.3) is 0 Å². The highest BCUT2D eigenvalue weighted by atomic mass is 16.5. The van der Waals surface area contributed by atoms with E-state index in [1.54, 1.807) is 0 Å². The molecule has 2 heterocycles. The highest BCUT2D eigenvalue weighted by Crippen LogP contribution is 2.22. The first-order valence-corrected chi connectivity index (χ1v) is 7.57. The fraction of sp³-hybridized carbons (Fsp3) is 0.733. The van der Waals surface area contributed by atoms with Gasteiger partial charge in [0.1, 0.15) is 18.2 Å². The molecule has 5 nitrogen and oxygen atoms in total. The average molecular weight is 278 g/mol. The van der Waals surface area contributed by atoms with Gasteiger partial charge in [-0.15, -0.1) is 0 Å². The first-order valence-electron chi connectivity index (χ1n) is 7.57. The number of nitrogen functional groups attached to an aromatic ring is 1. The number of anilines is 1. The molecule has 0 saturated carbocycles. The molecule has 0 unspecified atom stereocenters. The fourth-order valence-electron chi connectivity index (χ4n) is 2.38. The van der Waals surface area contributed by atoms with E-state index in [9.17, 15) is 0 Å². The Hall–Kier alpha value is -1.36. The molecule has 0 bridgehead atoms. The standard InChI is InChI=1S/C15H26N4O/c1-11(2)14-17-13(16)12(3)15(18-14)20-10-9-19-7-5-4-6-8-19/h11H,4-10H2,1-3H3,(H2,16,17,18). The van der Waals surface area contributed by atoms with Gasteiger partial charge in [-0.25, -0.2) is 4.98 Å². The Bertz CT molecular complexity index is 442. The summed E-state index contributed by atoms with van der Waals surface area (Å²) in [5.74, 6) is 2.17. The van der Waals surface area contributed by atoms with Crippen molar-refractivity contribution in [3.05, 3.63) is 11.4 Å². The van der Waals surface area contributed by atoms with Crippen molar-refractivity contribution >= 4 is 5.82 Å². The van der Waals surface area contributed by atoms with Crippen LogP contribution in [0.15, 0.2) is 0 Å². The quantitative estimate of drug-likeness (QED) is 0.895. The lowest BCUT2D eigenvalue weighted by molar-refractivity contribution is 0.179. The number of likely N-dealkylation sites (tertiary alicyclic amines) is 1. The van der Waals surface area contributed by atoms with E-state index < -0.39 is 0 Å². The molecule has 1 aliphatic rings. The lowest BCUT2D eigenvalue weighted by Crippen LogP contribution is -2.33. The zero-order valence-electron chi connectivity index (χ0n) is 12.9. The Balaban J connectivity index is 1.94. The number of aromatic nitrogens is 2. The molecule has 1 aromatic heterocycles. The summed E-state index contributed by atoms with van der Waals surface area (Å²) in [7, 11) is 0. The largest absolute Gasteiger partial charge is 0.476 e. The predicted octanol–water partition coefficient (Wildman–Crippen LogP) is 2.36. The van der Waals surface area contributed by atoms with E-state index in [0.717, 1.165) is 17.9 Å². The van der Waals surface area contributed by atoms with Crippen LogP contribution in [0.5, 0.6) is 5.88 Å². The van der Waals surface area contributed by atoms with Crippen LogP contribution in [0.1, 0.15) is 50.4 Å². The van der Waals surface area contributed by atoms with Gasteiger partial charge >= 0.3 is 0 Å². The smallest absolute Gasteiger partial charge is 0.221 e. The third-order valence-electron chi connectivity index (χ3n) is 3.77. The molecule has 1 aliphatic heterocycles. The van der Waals surface area contributed by atoms with Gasteiger partial charge in [0.2, 0.25) is 5.88 Å². The Morgan fingerprint density at radius 1 is 1.20 bits per heavy atom. The Labute approximate surface area is 121 Å². The molecule has 112 valence electrons. The van der Waals surface area contributed by atoms with Crippen molar-refractivity contribution in [3.8, 4) is 5.88 Å². The summed E-state index contributed by atoms with van der Waals surface area (Å²) in [4.78, 5) is 11.2. The molecular weight excluding hydrogens is 252 g/mol. The Kier molecular flexibility index (Phi) is 5.17. The summed E-state index contributed by atoms with van der Waals surface area (Å²) < 4.78 is 5.84. The van der Waals surface area contributed by atoms with Gasteiger partial charge in [-0.05, 0) is 32.9 Å². The van der Waals surface area contributed by atoms with Crippen LogP contribution in [0.4, 0.5) is 5.82 Å². The van der Waals surface area contributed by atoms with E-state index >= 15 is 0 Å². The zero-order chi connectivity index (χ0) is 14.5. The number of nitrogens with zero attached hydrogens (tertiary/aromatic N) is 3. The summed E-state index contributed by atoms with van der Waals surface area (Å²) in [6.07, 6.45) is 3.96. The topological polar surface area (TPSA) is 64.3 Å². The monoisotopic (exact) mass is 278 g/mol. The minimum Gasteiger partial charge on any atom is -0.476 e. The molecule has 1 saturated heterocycles. The lowest BCUT2D eigenvalue weighted by atomic mass is 10.1. The van der Waals surface area contributed by atoms with Gasteiger partial charge in [-0.2, -0.15) is 4.98 Å². The van der Waals surface area contributed by atoms with E-state index in [4.69, 9.17) is 10.5 Å². The molecule has 0 aromatic carbocycles. The second-order valence-electron chi connectivity index (χ2n) is 5.80. The van der Waals surface area contributed by atoms with E-state index in [1.165, 1.54) is 32.4 Å². The van der Waals surface area contributed by atoms with Crippen molar-refractivity contribution in [1.29, 1.82) is 0 Å². The minimum atomic E-state index is 0.252. The third kappa shape index (κ3) is 3.82. The van der Waals surface area contributed by atoms with Crippen molar-refractivity contribution in [2.75, 3.05) is 32.0 Å². The molecule has 0 atom stereocenters. The van der Waals surface area contributed by atoms with E-state index in [-0.39, 0.29) is 5.92 Å². The third-order valence-corrected chi connectivity index (χ3v) is 3.77. The molecule has 2 rings (SSSR count). The number of rotatable bonds is 5. The second-order valence-corrected chi connectivity index (χ2v) is 5.80. The van der Waals surface area contributed by atoms with Gasteiger partial charge in [0.05, 0.1) is 5.56 Å². The number of ether oxygens (including phenoxy) is 1. The van der Waals surface area contributed by atoms with Crippen molar-refractivity contribution in [2.45, 2.75) is 46.0 Å². The lowest BCUT2D eigenvalue weighted by Gasteiger charge is -2.26. The van der Waals surface area contributed by atoms with E-state index in [2.05, 4.69) is 28.7 Å². The van der Waals surface area contributed by atoms with Crippen LogP contribution in [0.3, 0.4) is 0 Å². The average Bonchev–Trinajstić information content (AvgIpc) is 2.44. The predicted molar refractivity (Wildman–Crippen MR) is 81.1 cm³/mol. The van der Waals surface area contributed by atoms with Crippen molar-refractivity contribution in [3.63, 3.8) is 0 Å². The minimum absolute atomic E-state index is 0.252. The van der Waals surface area contributed by atoms with E-state index in [0.29, 0.717) is 18.3 Å². The van der Waals surface area contributed by atoms with Crippen LogP contribution in [0.2, 0.25) is 0 Å². The first kappa shape index (κ1) is 15.0. The van der Waals surface area contributed by atoms with Gasteiger partial charge in [0.15, 0.2) is 0 Å². The molecule has 20 heavy (non-hydrogen) atoms. The normalized spacial score (nSPS) is 16.6. The van der Waals surface area contributed by atoms with Crippen LogP contribution in [0, 0.1) is 6.92 Å². The molecule has 0 aliphatic carbocycles. The molecular formula is C15H26N4O. The zero-order valence-corrected chi connectivity index (χ0v) is 12.9. The van der Waals surface area contributed by atoms with Gasteiger partial charge in [-0.1, -0.05) is 20.3 Å². The van der Waals surface area contributed by atoms with Gasteiger partial charge in [-0.3, -0.25) is 4.90 Å². The highest BCUT2D eigenvalue weighted by Gasteiger charge is 2.14. The van der Waals surface area contributed by atoms with Crippen molar-refractivity contribution < 1.29 is 4.74 Å². The van der Waals surface area contributed by atoms with Crippen LogP contribution in [0.25, 0.3) is 0 Å².